The third kappa shape index (κ3) is 3.68. The zero-order valence-corrected chi connectivity index (χ0v) is 9.36. The molecule has 1 aromatic rings. The number of hydrogen-bond acceptors (Lipinski definition) is 3. The van der Waals surface area contributed by atoms with Crippen LogP contribution in [0.5, 0.6) is 0 Å². The molecule has 0 bridgehead atoms. The highest BCUT2D eigenvalue weighted by Crippen LogP contribution is 2.07. The molecule has 16 heavy (non-hydrogen) atoms. The zero-order chi connectivity index (χ0) is 12.1. The average molecular weight is 221 g/mol. The molecule has 0 spiro atoms. The van der Waals surface area contributed by atoms with Gasteiger partial charge >= 0.3 is 0 Å². The largest absolute Gasteiger partial charge is 0.364 e. The molecule has 3 N–H and O–H groups in total. The molecular weight excluding hydrogens is 206 g/mol. The minimum Gasteiger partial charge on any atom is -0.364 e. The number of anilines is 1. The number of nitrogens with zero attached hydrogens (tertiary/aromatic N) is 1. The molecule has 5 heteroatoms. The summed E-state index contributed by atoms with van der Waals surface area (Å²) in [5.41, 5.74) is 5.22. The number of aromatic nitrogens is 1. The second kappa shape index (κ2) is 5.25. The number of nitrogens with one attached hydrogen (secondary N) is 1. The number of carbonyl (C=O) groups is 2. The van der Waals surface area contributed by atoms with E-state index in [2.05, 4.69) is 10.3 Å². The summed E-state index contributed by atoms with van der Waals surface area (Å²) in [6, 6.07) is 4.74. The van der Waals surface area contributed by atoms with Crippen LogP contribution in [0.2, 0.25) is 0 Å². The van der Waals surface area contributed by atoms with Crippen LogP contribution in [0.15, 0.2) is 18.2 Å². The number of carbonyl (C=O) groups excluding carboxylic acids is 2. The molecule has 0 fully saturated rings. The Morgan fingerprint density at radius 1 is 1.44 bits per heavy atom. The maximum absolute atomic E-state index is 11.4. The molecule has 0 aromatic carbocycles. The first-order valence-corrected chi connectivity index (χ1v) is 5.05. The van der Waals surface area contributed by atoms with E-state index in [1.165, 1.54) is 6.07 Å². The third-order valence-electron chi connectivity index (χ3n) is 1.86. The van der Waals surface area contributed by atoms with Gasteiger partial charge in [0, 0.05) is 6.42 Å². The number of amides is 2. The Morgan fingerprint density at radius 3 is 2.69 bits per heavy atom. The van der Waals surface area contributed by atoms with Crippen LogP contribution in [0.1, 0.15) is 30.8 Å². The van der Waals surface area contributed by atoms with Crippen LogP contribution < -0.4 is 11.1 Å². The molecule has 0 atom stereocenters. The van der Waals surface area contributed by atoms with Gasteiger partial charge in [0.15, 0.2) is 0 Å². The zero-order valence-electron chi connectivity index (χ0n) is 9.36. The topological polar surface area (TPSA) is 85.1 Å². The minimum atomic E-state index is -0.611. The summed E-state index contributed by atoms with van der Waals surface area (Å²) in [6.45, 7) is 3.90. The maximum Gasteiger partial charge on any atom is 0.267 e. The Bertz CT molecular complexity index is 402. The van der Waals surface area contributed by atoms with Crippen LogP contribution in [0.4, 0.5) is 5.82 Å². The number of primary amides is 1. The van der Waals surface area contributed by atoms with Gasteiger partial charge < -0.3 is 11.1 Å². The van der Waals surface area contributed by atoms with Gasteiger partial charge in [-0.25, -0.2) is 4.98 Å². The van der Waals surface area contributed by atoms with Crippen molar-refractivity contribution >= 4 is 17.6 Å². The first-order valence-electron chi connectivity index (χ1n) is 5.05. The first-order chi connectivity index (χ1) is 7.49. The lowest BCUT2D eigenvalue weighted by molar-refractivity contribution is -0.116. The van der Waals surface area contributed by atoms with Crippen LogP contribution >= 0.6 is 0 Å². The number of pyridine rings is 1. The molecule has 0 aliphatic rings. The van der Waals surface area contributed by atoms with E-state index in [9.17, 15) is 9.59 Å². The molecule has 1 rings (SSSR count). The van der Waals surface area contributed by atoms with Crippen molar-refractivity contribution in [2.45, 2.75) is 20.3 Å². The van der Waals surface area contributed by atoms with Gasteiger partial charge in [-0.05, 0) is 18.1 Å². The summed E-state index contributed by atoms with van der Waals surface area (Å²) in [5, 5.41) is 2.61. The van der Waals surface area contributed by atoms with Crippen LogP contribution in [0, 0.1) is 5.92 Å². The van der Waals surface area contributed by atoms with Gasteiger partial charge in [0.2, 0.25) is 5.91 Å². The fourth-order valence-corrected chi connectivity index (χ4v) is 1.21. The second-order valence-electron chi connectivity index (χ2n) is 3.92. The van der Waals surface area contributed by atoms with Gasteiger partial charge in [0.1, 0.15) is 11.5 Å². The van der Waals surface area contributed by atoms with Crippen molar-refractivity contribution in [3.05, 3.63) is 23.9 Å². The van der Waals surface area contributed by atoms with Crippen molar-refractivity contribution in [2.24, 2.45) is 11.7 Å². The Labute approximate surface area is 94.1 Å². The number of rotatable bonds is 4. The molecule has 86 valence electrons. The Morgan fingerprint density at radius 2 is 2.12 bits per heavy atom. The highest BCUT2D eigenvalue weighted by atomic mass is 16.2. The highest BCUT2D eigenvalue weighted by Gasteiger charge is 2.07. The van der Waals surface area contributed by atoms with Crippen molar-refractivity contribution in [3.8, 4) is 0 Å². The van der Waals surface area contributed by atoms with Gasteiger partial charge in [-0.2, -0.15) is 0 Å². The van der Waals surface area contributed by atoms with E-state index in [4.69, 9.17) is 5.73 Å². The van der Waals surface area contributed by atoms with Gasteiger partial charge in [-0.1, -0.05) is 19.9 Å². The van der Waals surface area contributed by atoms with E-state index in [1.807, 2.05) is 13.8 Å². The summed E-state index contributed by atoms with van der Waals surface area (Å²) >= 11 is 0. The summed E-state index contributed by atoms with van der Waals surface area (Å²) in [7, 11) is 0. The molecule has 1 heterocycles. The molecule has 0 unspecified atom stereocenters. The molecule has 0 saturated carbocycles. The molecule has 2 amide bonds. The van der Waals surface area contributed by atoms with Crippen LogP contribution in [-0.2, 0) is 4.79 Å². The molecule has 0 aliphatic carbocycles. The third-order valence-corrected chi connectivity index (χ3v) is 1.86. The number of hydrogen-bond donors (Lipinski definition) is 2. The lowest BCUT2D eigenvalue weighted by Crippen LogP contribution is -2.17. The smallest absolute Gasteiger partial charge is 0.267 e. The minimum absolute atomic E-state index is 0.121. The standard InChI is InChI=1S/C11H15N3O2/c1-7(2)6-10(15)14-9-5-3-4-8(13-9)11(12)16/h3-5,7H,6H2,1-2H3,(H2,12,16)(H,13,14,15). The summed E-state index contributed by atoms with van der Waals surface area (Å²) < 4.78 is 0. The summed E-state index contributed by atoms with van der Waals surface area (Å²) in [5.74, 6) is -0.106. The van der Waals surface area contributed by atoms with Crippen LogP contribution in [0.3, 0.4) is 0 Å². The van der Waals surface area contributed by atoms with Crippen LogP contribution in [-0.4, -0.2) is 16.8 Å². The van der Waals surface area contributed by atoms with E-state index in [0.29, 0.717) is 12.2 Å². The van der Waals surface area contributed by atoms with E-state index < -0.39 is 5.91 Å². The summed E-state index contributed by atoms with van der Waals surface area (Å²) in [6.07, 6.45) is 0.419. The van der Waals surface area contributed by atoms with Crippen molar-refractivity contribution in [2.75, 3.05) is 5.32 Å². The normalized spacial score (nSPS) is 10.2. The van der Waals surface area contributed by atoms with E-state index in [0.717, 1.165) is 0 Å². The van der Waals surface area contributed by atoms with Crippen LogP contribution in [0.25, 0.3) is 0 Å². The molecule has 5 nitrogen and oxygen atoms in total. The summed E-state index contributed by atoms with van der Waals surface area (Å²) in [4.78, 5) is 26.2. The molecule has 0 saturated heterocycles. The lowest BCUT2D eigenvalue weighted by atomic mass is 10.1. The van der Waals surface area contributed by atoms with E-state index in [1.54, 1.807) is 12.1 Å². The highest BCUT2D eigenvalue weighted by molar-refractivity contribution is 5.93. The SMILES string of the molecule is CC(C)CC(=O)Nc1cccc(C(N)=O)n1. The predicted octanol–water partition coefficient (Wildman–Crippen LogP) is 1.17. The Hall–Kier alpha value is -1.91. The van der Waals surface area contributed by atoms with Crippen molar-refractivity contribution in [1.29, 1.82) is 0 Å². The monoisotopic (exact) mass is 221 g/mol. The van der Waals surface area contributed by atoms with Crippen molar-refractivity contribution in [1.82, 2.24) is 4.98 Å². The Balaban J connectivity index is 2.70. The predicted molar refractivity (Wildman–Crippen MR) is 60.8 cm³/mol. The average Bonchev–Trinajstić information content (AvgIpc) is 2.16. The fraction of sp³-hybridized carbons (Fsp3) is 0.364. The van der Waals surface area contributed by atoms with Crippen molar-refractivity contribution < 1.29 is 9.59 Å². The molecular formula is C11H15N3O2. The first kappa shape index (κ1) is 12.2. The van der Waals surface area contributed by atoms with Gasteiger partial charge in [-0.3, -0.25) is 9.59 Å². The van der Waals surface area contributed by atoms with Gasteiger partial charge in [0.05, 0.1) is 0 Å². The van der Waals surface area contributed by atoms with E-state index in [-0.39, 0.29) is 17.5 Å². The number of nitrogens with two attached hydrogens (primary N) is 1. The molecule has 0 radical (unpaired) electrons. The van der Waals surface area contributed by atoms with Gasteiger partial charge in [0.25, 0.3) is 5.91 Å². The quantitative estimate of drug-likeness (QED) is 0.800. The Kier molecular flexibility index (Phi) is 3.99. The molecule has 0 aliphatic heterocycles. The van der Waals surface area contributed by atoms with Crippen molar-refractivity contribution in [3.63, 3.8) is 0 Å². The fourth-order valence-electron chi connectivity index (χ4n) is 1.21. The van der Waals surface area contributed by atoms with Gasteiger partial charge in [-0.15, -0.1) is 0 Å². The second-order valence-corrected chi connectivity index (χ2v) is 3.92. The maximum atomic E-state index is 11.4. The molecule has 1 aromatic heterocycles. The van der Waals surface area contributed by atoms with E-state index >= 15 is 0 Å². The lowest BCUT2D eigenvalue weighted by Gasteiger charge is -2.06.